The van der Waals surface area contributed by atoms with Crippen LogP contribution in [0.4, 0.5) is 0 Å². The van der Waals surface area contributed by atoms with Crippen LogP contribution in [-0.4, -0.2) is 42.6 Å². The molecule has 0 spiro atoms. The Balaban J connectivity index is 1.32. The van der Waals surface area contributed by atoms with Gasteiger partial charge in [0.05, 0.1) is 0 Å². The zero-order valence-corrected chi connectivity index (χ0v) is 16.3. The number of ether oxygens (including phenoxy) is 1. The standard InChI is InChI=1S/C20H27BrN2O2/c21-17-3-1-14-5-8-23(13-16(14)11-17)20(24)15-2-4-19(12-15)22-18-6-9-25-10-7-18/h1,3,11,15,18-19,22H,2,4-10,12-13H2/t15-,19?/m0/s1. The third-order valence-corrected chi connectivity index (χ3v) is 6.46. The molecule has 1 aliphatic carbocycles. The Morgan fingerprint density at radius 2 is 1.96 bits per heavy atom. The van der Waals surface area contributed by atoms with Crippen LogP contribution in [0.1, 0.15) is 43.2 Å². The van der Waals surface area contributed by atoms with Crippen LogP contribution in [0.5, 0.6) is 0 Å². The van der Waals surface area contributed by atoms with Crippen molar-refractivity contribution in [1.82, 2.24) is 10.2 Å². The van der Waals surface area contributed by atoms with Crippen LogP contribution < -0.4 is 5.32 Å². The minimum Gasteiger partial charge on any atom is -0.381 e. The molecule has 2 fully saturated rings. The Morgan fingerprint density at radius 1 is 1.12 bits per heavy atom. The molecule has 1 saturated heterocycles. The summed E-state index contributed by atoms with van der Waals surface area (Å²) in [5.41, 5.74) is 2.68. The second-order valence-electron chi connectivity index (χ2n) is 7.68. The van der Waals surface area contributed by atoms with Gasteiger partial charge in [0.2, 0.25) is 5.91 Å². The molecule has 5 heteroatoms. The topological polar surface area (TPSA) is 41.6 Å². The quantitative estimate of drug-likeness (QED) is 0.837. The largest absolute Gasteiger partial charge is 0.381 e. The van der Waals surface area contributed by atoms with Gasteiger partial charge in [-0.1, -0.05) is 22.0 Å². The van der Waals surface area contributed by atoms with E-state index in [1.54, 1.807) is 0 Å². The first-order valence-corrected chi connectivity index (χ1v) is 10.4. The average molecular weight is 407 g/mol. The average Bonchev–Trinajstić information content (AvgIpc) is 3.09. The van der Waals surface area contributed by atoms with Gasteiger partial charge in [0.15, 0.2) is 0 Å². The first kappa shape index (κ1) is 17.5. The minimum atomic E-state index is 0.200. The van der Waals surface area contributed by atoms with Gasteiger partial charge >= 0.3 is 0 Å². The van der Waals surface area contributed by atoms with Gasteiger partial charge in [-0.15, -0.1) is 0 Å². The van der Waals surface area contributed by atoms with Gasteiger partial charge in [-0.3, -0.25) is 4.79 Å². The van der Waals surface area contributed by atoms with E-state index in [2.05, 4.69) is 44.3 Å². The predicted molar refractivity (Wildman–Crippen MR) is 101 cm³/mol. The van der Waals surface area contributed by atoms with E-state index in [1.165, 1.54) is 11.1 Å². The summed E-state index contributed by atoms with van der Waals surface area (Å²) in [6, 6.07) is 7.53. The smallest absolute Gasteiger partial charge is 0.226 e. The van der Waals surface area contributed by atoms with Crippen LogP contribution in [0.3, 0.4) is 0 Å². The van der Waals surface area contributed by atoms with Crippen LogP contribution >= 0.6 is 15.9 Å². The maximum Gasteiger partial charge on any atom is 0.226 e. The SMILES string of the molecule is O=C([C@H]1CCC(NC2CCOCC2)C1)N1CCc2ccc(Br)cc2C1. The number of halogens is 1. The molecule has 0 aromatic heterocycles. The summed E-state index contributed by atoms with van der Waals surface area (Å²) in [4.78, 5) is 15.1. The first-order chi connectivity index (χ1) is 12.2. The summed E-state index contributed by atoms with van der Waals surface area (Å²) in [5, 5.41) is 3.77. The highest BCUT2D eigenvalue weighted by atomic mass is 79.9. The molecule has 0 bridgehead atoms. The molecule has 1 aromatic rings. The molecule has 4 nitrogen and oxygen atoms in total. The summed E-state index contributed by atoms with van der Waals surface area (Å²) in [6.45, 7) is 3.37. The fraction of sp³-hybridized carbons (Fsp3) is 0.650. The van der Waals surface area contributed by atoms with E-state index >= 15 is 0 Å². The number of carbonyl (C=O) groups is 1. The molecular formula is C20H27BrN2O2. The minimum absolute atomic E-state index is 0.200. The molecule has 2 atom stereocenters. The van der Waals surface area contributed by atoms with Crippen molar-refractivity contribution in [3.8, 4) is 0 Å². The van der Waals surface area contributed by atoms with Gasteiger partial charge in [-0.2, -0.15) is 0 Å². The second kappa shape index (κ2) is 7.77. The number of rotatable bonds is 3. The molecule has 1 unspecified atom stereocenters. The van der Waals surface area contributed by atoms with E-state index < -0.39 is 0 Å². The lowest BCUT2D eigenvalue weighted by atomic mass is 9.97. The van der Waals surface area contributed by atoms with Crippen molar-refractivity contribution in [1.29, 1.82) is 0 Å². The van der Waals surface area contributed by atoms with E-state index in [1.807, 2.05) is 0 Å². The van der Waals surface area contributed by atoms with E-state index in [4.69, 9.17) is 4.74 Å². The third kappa shape index (κ3) is 4.09. The highest BCUT2D eigenvalue weighted by Crippen LogP contribution is 2.31. The molecule has 136 valence electrons. The van der Waals surface area contributed by atoms with Crippen LogP contribution in [-0.2, 0) is 22.5 Å². The zero-order valence-electron chi connectivity index (χ0n) is 14.7. The summed E-state index contributed by atoms with van der Waals surface area (Å²) in [6.07, 6.45) is 6.34. The van der Waals surface area contributed by atoms with E-state index in [9.17, 15) is 4.79 Å². The molecule has 25 heavy (non-hydrogen) atoms. The molecule has 1 amide bonds. The maximum absolute atomic E-state index is 13.0. The molecule has 4 rings (SSSR count). The lowest BCUT2D eigenvalue weighted by Crippen LogP contribution is -2.42. The molecule has 3 aliphatic rings. The van der Waals surface area contributed by atoms with Crippen molar-refractivity contribution < 1.29 is 9.53 Å². The lowest BCUT2D eigenvalue weighted by Gasteiger charge is -2.31. The highest BCUT2D eigenvalue weighted by Gasteiger charge is 2.34. The van der Waals surface area contributed by atoms with Crippen molar-refractivity contribution in [2.75, 3.05) is 19.8 Å². The maximum atomic E-state index is 13.0. The summed E-state index contributed by atoms with van der Waals surface area (Å²) in [7, 11) is 0. The number of hydrogen-bond acceptors (Lipinski definition) is 3. The highest BCUT2D eigenvalue weighted by molar-refractivity contribution is 9.10. The van der Waals surface area contributed by atoms with Crippen LogP contribution in [0, 0.1) is 5.92 Å². The molecular weight excluding hydrogens is 380 g/mol. The summed E-state index contributed by atoms with van der Waals surface area (Å²) in [5.74, 6) is 0.563. The Hall–Kier alpha value is -0.910. The molecule has 1 aromatic carbocycles. The molecule has 0 radical (unpaired) electrons. The number of nitrogens with one attached hydrogen (secondary N) is 1. The van der Waals surface area contributed by atoms with Gasteiger partial charge in [0.1, 0.15) is 0 Å². The number of amides is 1. The predicted octanol–water partition coefficient (Wildman–Crippen LogP) is 3.27. The van der Waals surface area contributed by atoms with Crippen molar-refractivity contribution in [2.45, 2.75) is 57.2 Å². The number of hydrogen-bond donors (Lipinski definition) is 1. The summed E-state index contributed by atoms with van der Waals surface area (Å²) < 4.78 is 6.54. The fourth-order valence-electron chi connectivity index (χ4n) is 4.53. The van der Waals surface area contributed by atoms with Crippen LogP contribution in [0.15, 0.2) is 22.7 Å². The third-order valence-electron chi connectivity index (χ3n) is 5.97. The van der Waals surface area contributed by atoms with Gasteiger partial charge < -0.3 is 15.0 Å². The Kier molecular flexibility index (Phi) is 5.44. The second-order valence-corrected chi connectivity index (χ2v) is 8.60. The Bertz CT molecular complexity index is 630. The lowest BCUT2D eigenvalue weighted by molar-refractivity contribution is -0.136. The van der Waals surface area contributed by atoms with E-state index in [-0.39, 0.29) is 5.92 Å². The number of carbonyl (C=O) groups excluding carboxylic acids is 1. The fourth-order valence-corrected chi connectivity index (χ4v) is 4.94. The van der Waals surface area contributed by atoms with Crippen LogP contribution in [0.2, 0.25) is 0 Å². The molecule has 2 heterocycles. The zero-order chi connectivity index (χ0) is 17.2. The van der Waals surface area contributed by atoms with Gasteiger partial charge in [0, 0.05) is 48.8 Å². The van der Waals surface area contributed by atoms with Gasteiger partial charge in [-0.25, -0.2) is 0 Å². The van der Waals surface area contributed by atoms with E-state index in [0.29, 0.717) is 18.0 Å². The van der Waals surface area contributed by atoms with Crippen molar-refractivity contribution >= 4 is 21.8 Å². The first-order valence-electron chi connectivity index (χ1n) is 9.59. The Morgan fingerprint density at radius 3 is 2.80 bits per heavy atom. The number of fused-ring (bicyclic) bond motifs is 1. The van der Waals surface area contributed by atoms with Crippen molar-refractivity contribution in [3.63, 3.8) is 0 Å². The Labute approximate surface area is 158 Å². The van der Waals surface area contributed by atoms with Crippen molar-refractivity contribution in [3.05, 3.63) is 33.8 Å². The van der Waals surface area contributed by atoms with Gasteiger partial charge in [-0.05, 0) is 61.8 Å². The van der Waals surface area contributed by atoms with E-state index in [0.717, 1.165) is 69.3 Å². The molecule has 2 aliphatic heterocycles. The van der Waals surface area contributed by atoms with Gasteiger partial charge in [0.25, 0.3) is 0 Å². The van der Waals surface area contributed by atoms with Crippen LogP contribution in [0.25, 0.3) is 0 Å². The number of nitrogens with zero attached hydrogens (tertiary/aromatic N) is 1. The number of benzene rings is 1. The summed E-state index contributed by atoms with van der Waals surface area (Å²) >= 11 is 3.55. The molecule has 1 N–H and O–H groups in total. The van der Waals surface area contributed by atoms with Crippen molar-refractivity contribution in [2.24, 2.45) is 5.92 Å². The normalized spacial score (nSPS) is 27.3. The monoisotopic (exact) mass is 406 g/mol. The molecule has 1 saturated carbocycles.